The molecule has 0 aliphatic rings. The highest BCUT2D eigenvalue weighted by Crippen LogP contribution is 2.15. The molecule has 0 fully saturated rings. The smallest absolute Gasteiger partial charge is 0.193 e. The molecular weight excluding hydrogens is 255 g/mol. The fourth-order valence-corrected chi connectivity index (χ4v) is 1.66. The maximum atomic E-state index is 12.8. The molecule has 0 unspecified atom stereocenters. The number of hydrogen-bond acceptors (Lipinski definition) is 2. The molecule has 0 aromatic heterocycles. The number of benzene rings is 2. The minimum atomic E-state index is -0.359. The molecule has 3 heteroatoms. The minimum absolute atomic E-state index is 0.148. The first-order chi connectivity index (χ1) is 9.70. The molecule has 0 N–H and O–H groups in total. The second-order valence-electron chi connectivity index (χ2n) is 4.08. The zero-order valence-electron chi connectivity index (χ0n) is 11.0. The zero-order chi connectivity index (χ0) is 14.4. The van der Waals surface area contributed by atoms with Gasteiger partial charge in [0.15, 0.2) is 5.78 Å². The van der Waals surface area contributed by atoms with Crippen LogP contribution in [0.2, 0.25) is 0 Å². The summed E-state index contributed by atoms with van der Waals surface area (Å²) in [5.41, 5.74) is 0.988. The average molecular weight is 268 g/mol. The molecule has 0 aliphatic heterocycles. The third kappa shape index (κ3) is 3.46. The van der Waals surface area contributed by atoms with Crippen molar-refractivity contribution < 1.29 is 13.9 Å². The lowest BCUT2D eigenvalue weighted by Crippen LogP contribution is -2.01. The van der Waals surface area contributed by atoms with E-state index >= 15 is 0 Å². The molecular formula is C17H13FO2. The van der Waals surface area contributed by atoms with Crippen LogP contribution in [0.3, 0.4) is 0 Å². The van der Waals surface area contributed by atoms with Crippen molar-refractivity contribution in [2.45, 2.75) is 6.92 Å². The highest BCUT2D eigenvalue weighted by atomic mass is 19.1. The minimum Gasteiger partial charge on any atom is -0.481 e. The summed E-state index contributed by atoms with van der Waals surface area (Å²) in [4.78, 5) is 12.1. The van der Waals surface area contributed by atoms with Crippen LogP contribution in [0.1, 0.15) is 22.8 Å². The molecule has 100 valence electrons. The van der Waals surface area contributed by atoms with Gasteiger partial charge in [-0.15, -0.1) is 5.92 Å². The molecule has 0 heterocycles. The molecule has 0 radical (unpaired) electrons. The first kappa shape index (κ1) is 13.8. The SMILES string of the molecule is CC#CCOc1ccc(C(=O)c2ccc(F)cc2)cc1. The summed E-state index contributed by atoms with van der Waals surface area (Å²) in [7, 11) is 0. The molecule has 0 atom stereocenters. The van der Waals surface area contributed by atoms with Crippen LogP contribution in [0.15, 0.2) is 48.5 Å². The molecule has 0 spiro atoms. The van der Waals surface area contributed by atoms with Crippen molar-refractivity contribution in [3.8, 4) is 17.6 Å². The van der Waals surface area contributed by atoms with Gasteiger partial charge in [0.25, 0.3) is 0 Å². The van der Waals surface area contributed by atoms with Crippen LogP contribution < -0.4 is 4.74 Å². The Balaban J connectivity index is 2.10. The van der Waals surface area contributed by atoms with Crippen LogP contribution in [-0.4, -0.2) is 12.4 Å². The molecule has 0 saturated carbocycles. The number of carbonyl (C=O) groups excluding carboxylic acids is 1. The summed E-state index contributed by atoms with van der Waals surface area (Å²) in [6.07, 6.45) is 0. The Morgan fingerprint density at radius 3 is 2.15 bits per heavy atom. The lowest BCUT2D eigenvalue weighted by atomic mass is 10.0. The van der Waals surface area contributed by atoms with Gasteiger partial charge in [0.1, 0.15) is 18.2 Å². The molecule has 2 aromatic rings. The van der Waals surface area contributed by atoms with Crippen molar-refractivity contribution in [3.63, 3.8) is 0 Å². The van der Waals surface area contributed by atoms with Gasteiger partial charge in [-0.3, -0.25) is 4.79 Å². The van der Waals surface area contributed by atoms with Crippen LogP contribution >= 0.6 is 0 Å². The lowest BCUT2D eigenvalue weighted by molar-refractivity contribution is 0.103. The highest BCUT2D eigenvalue weighted by Gasteiger charge is 2.08. The van der Waals surface area contributed by atoms with E-state index in [0.29, 0.717) is 23.5 Å². The van der Waals surface area contributed by atoms with Crippen LogP contribution in [0.25, 0.3) is 0 Å². The number of halogens is 1. The third-order valence-electron chi connectivity index (χ3n) is 2.71. The summed E-state index contributed by atoms with van der Waals surface area (Å²) in [6, 6.07) is 12.3. The van der Waals surface area contributed by atoms with E-state index in [-0.39, 0.29) is 11.6 Å². The van der Waals surface area contributed by atoms with Crippen molar-refractivity contribution in [3.05, 3.63) is 65.5 Å². The number of carbonyl (C=O) groups is 1. The molecule has 0 bridgehead atoms. The fourth-order valence-electron chi connectivity index (χ4n) is 1.66. The van der Waals surface area contributed by atoms with Crippen molar-refractivity contribution >= 4 is 5.78 Å². The molecule has 0 amide bonds. The van der Waals surface area contributed by atoms with Crippen molar-refractivity contribution in [2.24, 2.45) is 0 Å². The van der Waals surface area contributed by atoms with E-state index in [1.807, 2.05) is 0 Å². The lowest BCUT2D eigenvalue weighted by Gasteiger charge is -2.04. The molecule has 2 aromatic carbocycles. The van der Waals surface area contributed by atoms with Gasteiger partial charge in [0.2, 0.25) is 0 Å². The van der Waals surface area contributed by atoms with Crippen LogP contribution in [0.5, 0.6) is 5.75 Å². The molecule has 2 nitrogen and oxygen atoms in total. The Morgan fingerprint density at radius 1 is 1.05 bits per heavy atom. The van der Waals surface area contributed by atoms with Gasteiger partial charge in [-0.1, -0.05) is 5.92 Å². The summed E-state index contributed by atoms with van der Waals surface area (Å²) < 4.78 is 18.2. The average Bonchev–Trinajstić information content (AvgIpc) is 2.48. The van der Waals surface area contributed by atoms with Crippen LogP contribution in [0.4, 0.5) is 4.39 Å². The van der Waals surface area contributed by atoms with Gasteiger partial charge in [0, 0.05) is 11.1 Å². The summed E-state index contributed by atoms with van der Waals surface area (Å²) in [6.45, 7) is 2.07. The van der Waals surface area contributed by atoms with Crippen LogP contribution in [-0.2, 0) is 0 Å². The second-order valence-corrected chi connectivity index (χ2v) is 4.08. The first-order valence-corrected chi connectivity index (χ1v) is 6.13. The summed E-state index contributed by atoms with van der Waals surface area (Å²) in [5, 5.41) is 0. The zero-order valence-corrected chi connectivity index (χ0v) is 11.0. The maximum Gasteiger partial charge on any atom is 0.193 e. The fraction of sp³-hybridized carbons (Fsp3) is 0.118. The van der Waals surface area contributed by atoms with Gasteiger partial charge < -0.3 is 4.74 Å². The Bertz CT molecular complexity index is 646. The standard InChI is InChI=1S/C17H13FO2/c1-2-3-12-20-16-10-6-14(7-11-16)17(19)13-4-8-15(18)9-5-13/h4-11H,12H2,1H3. The number of ketones is 1. The largest absolute Gasteiger partial charge is 0.481 e. The topological polar surface area (TPSA) is 26.3 Å². The first-order valence-electron chi connectivity index (χ1n) is 6.13. The van der Waals surface area contributed by atoms with E-state index in [9.17, 15) is 9.18 Å². The Kier molecular flexibility index (Phi) is 4.52. The highest BCUT2D eigenvalue weighted by molar-refractivity contribution is 6.08. The number of rotatable bonds is 4. The molecule has 0 saturated heterocycles. The normalized spacial score (nSPS) is 9.50. The van der Waals surface area contributed by atoms with E-state index in [0.717, 1.165) is 0 Å². The van der Waals surface area contributed by atoms with E-state index in [4.69, 9.17) is 4.74 Å². The van der Waals surface area contributed by atoms with Crippen molar-refractivity contribution in [1.82, 2.24) is 0 Å². The summed E-state index contributed by atoms with van der Waals surface area (Å²) >= 11 is 0. The number of ether oxygens (including phenoxy) is 1. The van der Waals surface area contributed by atoms with E-state index in [1.54, 1.807) is 31.2 Å². The van der Waals surface area contributed by atoms with Crippen molar-refractivity contribution in [2.75, 3.05) is 6.61 Å². The van der Waals surface area contributed by atoms with Crippen molar-refractivity contribution in [1.29, 1.82) is 0 Å². The number of hydrogen-bond donors (Lipinski definition) is 0. The van der Waals surface area contributed by atoms with Gasteiger partial charge in [-0.05, 0) is 55.5 Å². The quantitative estimate of drug-likeness (QED) is 0.627. The Hall–Kier alpha value is -2.60. The maximum absolute atomic E-state index is 12.8. The summed E-state index contributed by atoms with van der Waals surface area (Å²) in [5.74, 6) is 5.67. The Labute approximate surface area is 117 Å². The predicted octanol–water partition coefficient (Wildman–Crippen LogP) is 3.46. The van der Waals surface area contributed by atoms with Crippen LogP contribution in [0, 0.1) is 17.7 Å². The van der Waals surface area contributed by atoms with Gasteiger partial charge >= 0.3 is 0 Å². The van der Waals surface area contributed by atoms with E-state index < -0.39 is 0 Å². The third-order valence-corrected chi connectivity index (χ3v) is 2.71. The van der Waals surface area contributed by atoms with Gasteiger partial charge in [-0.25, -0.2) is 4.39 Å². The molecule has 2 rings (SSSR count). The predicted molar refractivity (Wildman–Crippen MR) is 75.2 cm³/mol. The Morgan fingerprint density at radius 2 is 1.60 bits per heavy atom. The molecule has 20 heavy (non-hydrogen) atoms. The van der Waals surface area contributed by atoms with Gasteiger partial charge in [-0.2, -0.15) is 0 Å². The van der Waals surface area contributed by atoms with E-state index in [2.05, 4.69) is 11.8 Å². The monoisotopic (exact) mass is 268 g/mol. The second kappa shape index (κ2) is 6.53. The molecule has 0 aliphatic carbocycles. The van der Waals surface area contributed by atoms with Gasteiger partial charge in [0.05, 0.1) is 0 Å². The van der Waals surface area contributed by atoms with E-state index in [1.165, 1.54) is 24.3 Å².